The summed E-state index contributed by atoms with van der Waals surface area (Å²) in [5.41, 5.74) is 2.24. The Hall–Kier alpha value is -1.65. The minimum atomic E-state index is 0.139. The molecule has 96 valence electrons. The summed E-state index contributed by atoms with van der Waals surface area (Å²) >= 11 is 7.32. The lowest BCUT2D eigenvalue weighted by atomic mass is 10.2. The second-order valence-electron chi connectivity index (χ2n) is 4.02. The smallest absolute Gasteiger partial charge is 0.257 e. The first-order chi connectivity index (χ1) is 9.22. The van der Waals surface area contributed by atoms with Gasteiger partial charge in [-0.1, -0.05) is 41.6 Å². The molecule has 0 unspecified atom stereocenters. The fourth-order valence-electron chi connectivity index (χ4n) is 1.70. The van der Waals surface area contributed by atoms with Crippen LogP contribution in [0, 0.1) is 0 Å². The SMILES string of the molecule is Oc1cccc2oc(SCc3ccc(Cl)cc3)nc12. The Labute approximate surface area is 119 Å². The highest BCUT2D eigenvalue weighted by Gasteiger charge is 2.09. The van der Waals surface area contributed by atoms with Gasteiger partial charge >= 0.3 is 0 Å². The molecule has 5 heteroatoms. The number of aromatic hydroxyl groups is 1. The minimum absolute atomic E-state index is 0.139. The number of rotatable bonds is 3. The molecule has 0 aliphatic heterocycles. The van der Waals surface area contributed by atoms with Gasteiger partial charge in [-0.2, -0.15) is 4.98 Å². The maximum absolute atomic E-state index is 9.65. The van der Waals surface area contributed by atoms with E-state index in [1.807, 2.05) is 24.3 Å². The van der Waals surface area contributed by atoms with E-state index < -0.39 is 0 Å². The maximum atomic E-state index is 9.65. The molecule has 2 aromatic carbocycles. The zero-order valence-corrected chi connectivity index (χ0v) is 11.4. The van der Waals surface area contributed by atoms with Gasteiger partial charge in [0.25, 0.3) is 5.22 Å². The summed E-state index contributed by atoms with van der Waals surface area (Å²) in [5, 5.41) is 10.9. The van der Waals surface area contributed by atoms with Gasteiger partial charge in [-0.15, -0.1) is 0 Å². The van der Waals surface area contributed by atoms with Gasteiger partial charge in [-0.3, -0.25) is 0 Å². The van der Waals surface area contributed by atoms with Gasteiger partial charge in [0.1, 0.15) is 5.75 Å². The largest absolute Gasteiger partial charge is 0.506 e. The Bertz CT molecular complexity index is 709. The van der Waals surface area contributed by atoms with Crippen LogP contribution in [0.3, 0.4) is 0 Å². The van der Waals surface area contributed by atoms with E-state index in [1.54, 1.807) is 18.2 Å². The average molecular weight is 292 g/mol. The van der Waals surface area contributed by atoms with E-state index in [0.717, 1.165) is 16.3 Å². The molecular formula is C14H10ClNO2S. The van der Waals surface area contributed by atoms with Crippen LogP contribution in [0.25, 0.3) is 11.1 Å². The van der Waals surface area contributed by atoms with Crippen LogP contribution < -0.4 is 0 Å². The second kappa shape index (κ2) is 5.15. The number of aromatic nitrogens is 1. The molecule has 0 bridgehead atoms. The normalized spacial score (nSPS) is 11.0. The van der Waals surface area contributed by atoms with Crippen LogP contribution in [0.1, 0.15) is 5.56 Å². The molecule has 0 atom stereocenters. The third kappa shape index (κ3) is 2.69. The lowest BCUT2D eigenvalue weighted by molar-refractivity contribution is 0.480. The molecule has 3 rings (SSSR count). The van der Waals surface area contributed by atoms with Crippen molar-refractivity contribution in [3.63, 3.8) is 0 Å². The van der Waals surface area contributed by atoms with Crippen molar-refractivity contribution in [1.82, 2.24) is 4.98 Å². The van der Waals surface area contributed by atoms with Crippen molar-refractivity contribution in [2.45, 2.75) is 11.0 Å². The van der Waals surface area contributed by atoms with Crippen LogP contribution in [-0.2, 0) is 5.75 Å². The number of hydrogen-bond donors (Lipinski definition) is 1. The van der Waals surface area contributed by atoms with Crippen LogP contribution >= 0.6 is 23.4 Å². The Morgan fingerprint density at radius 3 is 2.68 bits per heavy atom. The molecular weight excluding hydrogens is 282 g/mol. The molecule has 0 radical (unpaired) electrons. The molecule has 1 aromatic heterocycles. The maximum Gasteiger partial charge on any atom is 0.257 e. The molecule has 3 aromatic rings. The molecule has 0 saturated carbocycles. The van der Waals surface area contributed by atoms with E-state index in [9.17, 15) is 5.11 Å². The highest BCUT2D eigenvalue weighted by molar-refractivity contribution is 7.98. The van der Waals surface area contributed by atoms with Crippen LogP contribution in [0.4, 0.5) is 0 Å². The topological polar surface area (TPSA) is 46.3 Å². The number of fused-ring (bicyclic) bond motifs is 1. The van der Waals surface area contributed by atoms with Crippen LogP contribution in [0.5, 0.6) is 5.75 Å². The summed E-state index contributed by atoms with van der Waals surface area (Å²) in [7, 11) is 0. The molecule has 0 saturated heterocycles. The summed E-state index contributed by atoms with van der Waals surface area (Å²) < 4.78 is 5.56. The Balaban J connectivity index is 1.78. The van der Waals surface area contributed by atoms with E-state index in [4.69, 9.17) is 16.0 Å². The van der Waals surface area contributed by atoms with Crippen molar-refractivity contribution in [3.05, 3.63) is 53.1 Å². The van der Waals surface area contributed by atoms with Crippen LogP contribution in [-0.4, -0.2) is 10.1 Å². The molecule has 1 N–H and O–H groups in total. The summed E-state index contributed by atoms with van der Waals surface area (Å²) in [6.45, 7) is 0. The zero-order chi connectivity index (χ0) is 13.2. The van der Waals surface area contributed by atoms with Crippen molar-refractivity contribution in [1.29, 1.82) is 0 Å². The first-order valence-corrected chi connectivity index (χ1v) is 7.04. The van der Waals surface area contributed by atoms with Gasteiger partial charge in [0, 0.05) is 10.8 Å². The number of hydrogen-bond acceptors (Lipinski definition) is 4. The monoisotopic (exact) mass is 291 g/mol. The van der Waals surface area contributed by atoms with E-state index >= 15 is 0 Å². The highest BCUT2D eigenvalue weighted by Crippen LogP contribution is 2.30. The van der Waals surface area contributed by atoms with Crippen molar-refractivity contribution in [2.75, 3.05) is 0 Å². The predicted molar refractivity (Wildman–Crippen MR) is 76.7 cm³/mol. The highest BCUT2D eigenvalue weighted by atomic mass is 35.5. The molecule has 0 spiro atoms. The van der Waals surface area contributed by atoms with Crippen molar-refractivity contribution in [3.8, 4) is 5.75 Å². The molecule has 19 heavy (non-hydrogen) atoms. The standard InChI is InChI=1S/C14H10ClNO2S/c15-10-6-4-9(5-7-10)8-19-14-16-13-11(17)2-1-3-12(13)18-14/h1-7,17H,8H2. The van der Waals surface area contributed by atoms with E-state index in [-0.39, 0.29) is 5.75 Å². The third-order valence-electron chi connectivity index (χ3n) is 2.65. The number of para-hydroxylation sites is 1. The molecule has 0 aliphatic carbocycles. The van der Waals surface area contributed by atoms with Crippen molar-refractivity contribution >= 4 is 34.5 Å². The number of halogens is 1. The molecule has 0 amide bonds. The fraction of sp³-hybridized carbons (Fsp3) is 0.0714. The van der Waals surface area contributed by atoms with Crippen LogP contribution in [0.2, 0.25) is 5.02 Å². The predicted octanol–water partition coefficient (Wildman–Crippen LogP) is 4.48. The van der Waals surface area contributed by atoms with Gasteiger partial charge in [0.05, 0.1) is 0 Å². The van der Waals surface area contributed by atoms with Crippen LogP contribution in [0.15, 0.2) is 52.1 Å². The molecule has 3 nitrogen and oxygen atoms in total. The third-order valence-corrected chi connectivity index (χ3v) is 3.80. The number of phenols is 1. The van der Waals surface area contributed by atoms with E-state index in [1.165, 1.54) is 11.8 Å². The number of nitrogens with zero attached hydrogens (tertiary/aromatic N) is 1. The van der Waals surface area contributed by atoms with Crippen molar-refractivity contribution in [2.24, 2.45) is 0 Å². The second-order valence-corrected chi connectivity index (χ2v) is 5.38. The molecule has 1 heterocycles. The number of oxazole rings is 1. The number of phenolic OH excluding ortho intramolecular Hbond substituents is 1. The van der Waals surface area contributed by atoms with Gasteiger partial charge in [-0.05, 0) is 29.8 Å². The quantitative estimate of drug-likeness (QED) is 0.723. The summed E-state index contributed by atoms with van der Waals surface area (Å²) in [4.78, 5) is 4.27. The zero-order valence-electron chi connectivity index (χ0n) is 9.84. The van der Waals surface area contributed by atoms with Gasteiger partial charge in [-0.25, -0.2) is 0 Å². The first-order valence-electron chi connectivity index (χ1n) is 5.68. The fourth-order valence-corrected chi connectivity index (χ4v) is 2.61. The van der Waals surface area contributed by atoms with E-state index in [2.05, 4.69) is 4.98 Å². The summed E-state index contributed by atoms with van der Waals surface area (Å²) in [6.07, 6.45) is 0. The number of thioether (sulfide) groups is 1. The van der Waals surface area contributed by atoms with Gasteiger partial charge < -0.3 is 9.52 Å². The summed E-state index contributed by atoms with van der Waals surface area (Å²) in [6, 6.07) is 12.8. The van der Waals surface area contributed by atoms with Crippen molar-refractivity contribution < 1.29 is 9.52 Å². The first kappa shape index (κ1) is 12.4. The van der Waals surface area contributed by atoms with Gasteiger partial charge in [0.15, 0.2) is 11.1 Å². The number of benzene rings is 2. The Morgan fingerprint density at radius 2 is 1.95 bits per heavy atom. The molecule has 0 fully saturated rings. The average Bonchev–Trinajstić information content (AvgIpc) is 2.83. The lowest BCUT2D eigenvalue weighted by Crippen LogP contribution is -1.79. The molecule has 0 aliphatic rings. The van der Waals surface area contributed by atoms with E-state index in [0.29, 0.717) is 16.3 Å². The Morgan fingerprint density at radius 1 is 1.16 bits per heavy atom. The van der Waals surface area contributed by atoms with Gasteiger partial charge in [0.2, 0.25) is 0 Å². The minimum Gasteiger partial charge on any atom is -0.506 e. The Kier molecular flexibility index (Phi) is 3.36. The lowest BCUT2D eigenvalue weighted by Gasteiger charge is -1.98. The summed E-state index contributed by atoms with van der Waals surface area (Å²) in [5.74, 6) is 0.879.